The van der Waals surface area contributed by atoms with E-state index in [1.54, 1.807) is 0 Å². The Hall–Kier alpha value is -1.94. The van der Waals surface area contributed by atoms with Crippen LogP contribution >= 0.6 is 0 Å². The molecule has 98 valence electrons. The van der Waals surface area contributed by atoms with Crippen LogP contribution in [0.1, 0.15) is 17.5 Å². The third kappa shape index (κ3) is 2.31. The summed E-state index contributed by atoms with van der Waals surface area (Å²) in [6.07, 6.45) is 8.67. The first-order valence-corrected chi connectivity index (χ1v) is 6.74. The molecule has 4 heteroatoms. The highest BCUT2D eigenvalue weighted by Crippen LogP contribution is 2.33. The summed E-state index contributed by atoms with van der Waals surface area (Å²) in [6.45, 7) is 1.58. The molecule has 0 aliphatic carbocycles. The molecule has 0 amide bonds. The minimum atomic E-state index is 0.689. The molecule has 19 heavy (non-hydrogen) atoms. The van der Waals surface area contributed by atoms with Crippen LogP contribution in [0.3, 0.4) is 0 Å². The van der Waals surface area contributed by atoms with Gasteiger partial charge in [0.2, 0.25) is 0 Å². The molecule has 0 atom stereocenters. The number of fused-ring (bicyclic) bond motifs is 2. The molecule has 2 aromatic heterocycles. The molecule has 3 heterocycles. The maximum atomic E-state index is 5.66. The van der Waals surface area contributed by atoms with Crippen molar-refractivity contribution in [2.75, 3.05) is 18.0 Å². The van der Waals surface area contributed by atoms with Gasteiger partial charge in [-0.15, -0.1) is 0 Å². The largest absolute Gasteiger partial charge is 0.330 e. The summed E-state index contributed by atoms with van der Waals surface area (Å²) in [7, 11) is 0. The van der Waals surface area contributed by atoms with E-state index in [4.69, 9.17) is 5.73 Å². The summed E-state index contributed by atoms with van der Waals surface area (Å²) in [5.41, 5.74) is 9.48. The van der Waals surface area contributed by atoms with Crippen molar-refractivity contribution in [3.8, 4) is 0 Å². The number of hydrogen-bond donors (Lipinski definition) is 1. The number of pyridine rings is 2. The lowest BCUT2D eigenvalue weighted by Gasteiger charge is -2.25. The van der Waals surface area contributed by atoms with E-state index < -0.39 is 0 Å². The normalized spacial score (nSPS) is 13.6. The zero-order chi connectivity index (χ0) is 13.1. The molecule has 3 rings (SSSR count). The van der Waals surface area contributed by atoms with Crippen LogP contribution in [0.15, 0.2) is 36.8 Å². The Morgan fingerprint density at radius 1 is 1.16 bits per heavy atom. The summed E-state index contributed by atoms with van der Waals surface area (Å²) >= 11 is 0. The molecule has 0 bridgehead atoms. The molecule has 1 aliphatic rings. The van der Waals surface area contributed by atoms with Crippen LogP contribution in [0, 0.1) is 0 Å². The van der Waals surface area contributed by atoms with Gasteiger partial charge in [0.15, 0.2) is 0 Å². The third-order valence-electron chi connectivity index (χ3n) is 3.55. The molecule has 0 fully saturated rings. The van der Waals surface area contributed by atoms with Crippen molar-refractivity contribution < 1.29 is 0 Å². The van der Waals surface area contributed by atoms with Crippen LogP contribution < -0.4 is 10.6 Å². The van der Waals surface area contributed by atoms with E-state index in [1.807, 2.05) is 24.7 Å². The second kappa shape index (κ2) is 5.36. The zero-order valence-corrected chi connectivity index (χ0v) is 10.9. The van der Waals surface area contributed by atoms with E-state index in [2.05, 4.69) is 27.0 Å². The van der Waals surface area contributed by atoms with E-state index in [-0.39, 0.29) is 0 Å². The molecule has 1 aliphatic heterocycles. The minimum Gasteiger partial charge on any atom is -0.330 e. The fourth-order valence-corrected chi connectivity index (χ4v) is 2.60. The first-order chi connectivity index (χ1) is 9.40. The standard InChI is InChI=1S/C15H18N4/c16-7-2-10-19-14-11-17-9-6-12(14)4-5-13-3-1-8-18-15(13)19/h1,3,6,8-9,11H,2,4-5,7,10,16H2. The Morgan fingerprint density at radius 3 is 2.95 bits per heavy atom. The Labute approximate surface area is 113 Å². The van der Waals surface area contributed by atoms with Crippen molar-refractivity contribution >= 4 is 11.5 Å². The summed E-state index contributed by atoms with van der Waals surface area (Å²) in [5.74, 6) is 1.06. The second-order valence-electron chi connectivity index (χ2n) is 4.78. The lowest BCUT2D eigenvalue weighted by molar-refractivity contribution is 0.807. The highest BCUT2D eigenvalue weighted by atomic mass is 15.2. The number of hydrogen-bond acceptors (Lipinski definition) is 4. The monoisotopic (exact) mass is 254 g/mol. The van der Waals surface area contributed by atoms with Gasteiger partial charge >= 0.3 is 0 Å². The average molecular weight is 254 g/mol. The smallest absolute Gasteiger partial charge is 0.136 e. The van der Waals surface area contributed by atoms with E-state index in [9.17, 15) is 0 Å². The van der Waals surface area contributed by atoms with E-state index in [0.717, 1.165) is 31.6 Å². The van der Waals surface area contributed by atoms with Gasteiger partial charge in [0, 0.05) is 18.9 Å². The summed E-state index contributed by atoms with van der Waals surface area (Å²) < 4.78 is 0. The Morgan fingerprint density at radius 2 is 2.05 bits per heavy atom. The predicted octanol–water partition coefficient (Wildman–Crippen LogP) is 2.06. The number of nitrogens with two attached hydrogens (primary N) is 1. The molecule has 0 spiro atoms. The lowest BCUT2D eigenvalue weighted by Crippen LogP contribution is -2.23. The van der Waals surface area contributed by atoms with Crippen LogP contribution in [0.4, 0.5) is 11.5 Å². The van der Waals surface area contributed by atoms with Gasteiger partial charge in [0.05, 0.1) is 11.9 Å². The second-order valence-corrected chi connectivity index (χ2v) is 4.78. The Kier molecular flexibility index (Phi) is 3.42. The minimum absolute atomic E-state index is 0.689. The SMILES string of the molecule is NCCCN1c2cnccc2CCc2cccnc21. The zero-order valence-electron chi connectivity index (χ0n) is 10.9. The average Bonchev–Trinajstić information content (AvgIpc) is 2.62. The van der Waals surface area contributed by atoms with Crippen LogP contribution in [0.5, 0.6) is 0 Å². The number of aryl methyl sites for hydroxylation is 2. The van der Waals surface area contributed by atoms with Crippen molar-refractivity contribution in [1.29, 1.82) is 0 Å². The van der Waals surface area contributed by atoms with Crippen LogP contribution in [-0.2, 0) is 12.8 Å². The molecule has 0 aromatic carbocycles. The van der Waals surface area contributed by atoms with Gasteiger partial charge < -0.3 is 10.6 Å². The molecule has 0 saturated carbocycles. The van der Waals surface area contributed by atoms with E-state index in [1.165, 1.54) is 16.8 Å². The van der Waals surface area contributed by atoms with Crippen molar-refractivity contribution in [3.63, 3.8) is 0 Å². The quantitative estimate of drug-likeness (QED) is 0.911. The Balaban J connectivity index is 2.08. The number of nitrogens with zero attached hydrogens (tertiary/aromatic N) is 3. The summed E-state index contributed by atoms with van der Waals surface area (Å²) in [6, 6.07) is 6.28. The molecule has 0 unspecified atom stereocenters. The molecular weight excluding hydrogens is 236 g/mol. The fraction of sp³-hybridized carbons (Fsp3) is 0.333. The van der Waals surface area contributed by atoms with Gasteiger partial charge in [-0.1, -0.05) is 6.07 Å². The van der Waals surface area contributed by atoms with Crippen molar-refractivity contribution in [3.05, 3.63) is 47.9 Å². The Bertz CT molecular complexity index is 520. The number of rotatable bonds is 3. The molecule has 0 radical (unpaired) electrons. The molecule has 4 nitrogen and oxygen atoms in total. The van der Waals surface area contributed by atoms with Crippen molar-refractivity contribution in [2.24, 2.45) is 5.73 Å². The topological polar surface area (TPSA) is 55.0 Å². The molecule has 2 N–H and O–H groups in total. The highest BCUT2D eigenvalue weighted by molar-refractivity contribution is 5.67. The predicted molar refractivity (Wildman–Crippen MR) is 76.6 cm³/mol. The van der Waals surface area contributed by atoms with Gasteiger partial charge in [-0.05, 0) is 49.1 Å². The van der Waals surface area contributed by atoms with E-state index >= 15 is 0 Å². The van der Waals surface area contributed by atoms with Crippen LogP contribution in [0.25, 0.3) is 0 Å². The van der Waals surface area contributed by atoms with Crippen LogP contribution in [-0.4, -0.2) is 23.1 Å². The molecule has 0 saturated heterocycles. The van der Waals surface area contributed by atoms with Crippen molar-refractivity contribution in [2.45, 2.75) is 19.3 Å². The maximum Gasteiger partial charge on any atom is 0.136 e. The summed E-state index contributed by atoms with van der Waals surface area (Å²) in [4.78, 5) is 11.1. The van der Waals surface area contributed by atoms with Gasteiger partial charge in [0.25, 0.3) is 0 Å². The van der Waals surface area contributed by atoms with E-state index in [0.29, 0.717) is 6.54 Å². The first kappa shape index (κ1) is 12.1. The van der Waals surface area contributed by atoms with Crippen molar-refractivity contribution in [1.82, 2.24) is 9.97 Å². The number of aromatic nitrogens is 2. The lowest BCUT2D eigenvalue weighted by atomic mass is 10.1. The van der Waals surface area contributed by atoms with Crippen LogP contribution in [0.2, 0.25) is 0 Å². The van der Waals surface area contributed by atoms with Gasteiger partial charge in [-0.2, -0.15) is 0 Å². The maximum absolute atomic E-state index is 5.66. The molecule has 2 aromatic rings. The fourth-order valence-electron chi connectivity index (χ4n) is 2.60. The molecular formula is C15H18N4. The highest BCUT2D eigenvalue weighted by Gasteiger charge is 2.20. The van der Waals surface area contributed by atoms with Gasteiger partial charge in [-0.25, -0.2) is 4.98 Å². The van der Waals surface area contributed by atoms with Gasteiger partial charge in [0.1, 0.15) is 5.82 Å². The number of anilines is 2. The van der Waals surface area contributed by atoms with Gasteiger partial charge in [-0.3, -0.25) is 4.98 Å². The first-order valence-electron chi connectivity index (χ1n) is 6.74. The third-order valence-corrected chi connectivity index (χ3v) is 3.55. The summed E-state index contributed by atoms with van der Waals surface area (Å²) in [5, 5.41) is 0.